The summed E-state index contributed by atoms with van der Waals surface area (Å²) in [5, 5.41) is 0.363. The number of halogens is 2. The lowest BCUT2D eigenvalue weighted by molar-refractivity contribution is -0.119. The SMILES string of the molecule is O=C1CCCCN1c1ccc2c(c1)nc(CN1CCC(c3cccc(OCc4ccc(Cl)cc4F)n3)CC1)n2C[C@@H]1CCO1. The molecular weight excluding hydrogens is 581 g/mol. The van der Waals surface area contributed by atoms with Crippen LogP contribution in [-0.4, -0.2) is 57.7 Å². The van der Waals surface area contributed by atoms with Gasteiger partial charge in [0.25, 0.3) is 0 Å². The standard InChI is InChI=1S/C34H37ClFN5O3/c35-25-8-7-24(28(36)18-25)22-44-33-5-3-4-29(38-33)23-11-15-39(16-12-23)21-32-37-30-19-26(40-14-2-1-6-34(40)42)9-10-31(30)41(32)20-27-13-17-43-27/h3-5,7-10,18-19,23,27H,1-2,6,11-17,20-22H2/t27-/m0/s1. The number of aromatic nitrogens is 3. The van der Waals surface area contributed by atoms with Crippen molar-refractivity contribution in [3.63, 3.8) is 0 Å². The summed E-state index contributed by atoms with van der Waals surface area (Å²) in [6.07, 6.45) is 5.87. The summed E-state index contributed by atoms with van der Waals surface area (Å²) < 4.78 is 28.1. The molecule has 230 valence electrons. The minimum absolute atomic E-state index is 0.0978. The van der Waals surface area contributed by atoms with Gasteiger partial charge in [0.1, 0.15) is 18.2 Å². The van der Waals surface area contributed by atoms with E-state index in [0.29, 0.717) is 28.8 Å². The van der Waals surface area contributed by atoms with Crippen LogP contribution in [0, 0.1) is 5.82 Å². The molecule has 1 atom stereocenters. The molecule has 3 aliphatic heterocycles. The first kappa shape index (κ1) is 29.2. The fraction of sp³-hybridized carbons (Fsp3) is 0.441. The number of anilines is 1. The molecule has 2 aromatic carbocycles. The lowest BCUT2D eigenvalue weighted by Gasteiger charge is -2.32. The molecule has 0 radical (unpaired) electrons. The molecule has 8 nitrogen and oxygen atoms in total. The van der Waals surface area contributed by atoms with Gasteiger partial charge in [0.05, 0.1) is 30.2 Å². The second-order valence-electron chi connectivity index (χ2n) is 12.1. The third-order valence-corrected chi connectivity index (χ3v) is 9.37. The molecule has 3 saturated heterocycles. The van der Waals surface area contributed by atoms with Crippen LogP contribution in [0.1, 0.15) is 61.5 Å². The van der Waals surface area contributed by atoms with E-state index in [-0.39, 0.29) is 24.4 Å². The van der Waals surface area contributed by atoms with Gasteiger partial charge in [-0.25, -0.2) is 14.4 Å². The van der Waals surface area contributed by atoms with Gasteiger partial charge >= 0.3 is 0 Å². The molecule has 10 heteroatoms. The van der Waals surface area contributed by atoms with E-state index in [1.54, 1.807) is 12.1 Å². The second kappa shape index (κ2) is 12.8. The summed E-state index contributed by atoms with van der Waals surface area (Å²) in [6.45, 7) is 5.11. The van der Waals surface area contributed by atoms with Crippen molar-refractivity contribution in [2.75, 3.05) is 31.1 Å². The lowest BCUT2D eigenvalue weighted by atomic mass is 9.93. The summed E-state index contributed by atoms with van der Waals surface area (Å²) in [7, 11) is 0. The Morgan fingerprint density at radius 3 is 2.64 bits per heavy atom. The molecule has 0 spiro atoms. The maximum atomic E-state index is 14.2. The number of amides is 1. The van der Waals surface area contributed by atoms with Gasteiger partial charge in [-0.15, -0.1) is 0 Å². The number of carbonyl (C=O) groups excluding carboxylic acids is 1. The third kappa shape index (κ3) is 6.32. The third-order valence-electron chi connectivity index (χ3n) is 9.13. The number of piperidine rings is 2. The average Bonchev–Trinajstić information content (AvgIpc) is 3.35. The normalized spacial score (nSPS) is 19.8. The van der Waals surface area contributed by atoms with Gasteiger partial charge in [-0.05, 0) is 81.6 Å². The van der Waals surface area contributed by atoms with Crippen molar-refractivity contribution >= 4 is 34.2 Å². The molecule has 0 bridgehead atoms. The van der Waals surface area contributed by atoms with Crippen LogP contribution in [-0.2, 0) is 29.2 Å². The molecule has 44 heavy (non-hydrogen) atoms. The van der Waals surface area contributed by atoms with Crippen LogP contribution in [0.25, 0.3) is 11.0 Å². The number of likely N-dealkylation sites (tertiary alicyclic amines) is 1. The number of hydrogen-bond donors (Lipinski definition) is 0. The van der Waals surface area contributed by atoms with Gasteiger partial charge in [0.15, 0.2) is 0 Å². The summed E-state index contributed by atoms with van der Waals surface area (Å²) in [4.78, 5) is 26.8. The molecule has 2 aromatic heterocycles. The van der Waals surface area contributed by atoms with E-state index in [1.807, 2.05) is 17.0 Å². The highest BCUT2D eigenvalue weighted by Crippen LogP contribution is 2.31. The number of hydrogen-bond acceptors (Lipinski definition) is 6. The van der Waals surface area contributed by atoms with Crippen LogP contribution in [0.2, 0.25) is 5.02 Å². The van der Waals surface area contributed by atoms with Gasteiger partial charge in [0.2, 0.25) is 11.8 Å². The van der Waals surface area contributed by atoms with Crippen molar-refractivity contribution in [2.24, 2.45) is 0 Å². The largest absolute Gasteiger partial charge is 0.473 e. The van der Waals surface area contributed by atoms with Crippen molar-refractivity contribution < 1.29 is 18.7 Å². The molecule has 0 N–H and O–H groups in total. The summed E-state index contributed by atoms with van der Waals surface area (Å²) in [5.74, 6) is 1.68. The summed E-state index contributed by atoms with van der Waals surface area (Å²) in [6, 6.07) is 16.7. The van der Waals surface area contributed by atoms with Crippen LogP contribution >= 0.6 is 11.6 Å². The summed E-state index contributed by atoms with van der Waals surface area (Å²) in [5.41, 5.74) is 4.42. The molecule has 0 unspecified atom stereocenters. The van der Waals surface area contributed by atoms with Crippen LogP contribution in [0.4, 0.5) is 10.1 Å². The Morgan fingerprint density at radius 1 is 1.00 bits per heavy atom. The van der Waals surface area contributed by atoms with Gasteiger partial charge < -0.3 is 18.9 Å². The van der Waals surface area contributed by atoms with E-state index in [2.05, 4.69) is 33.7 Å². The van der Waals surface area contributed by atoms with Crippen molar-refractivity contribution in [3.8, 4) is 5.88 Å². The van der Waals surface area contributed by atoms with E-state index < -0.39 is 0 Å². The Balaban J connectivity index is 1.02. The fourth-order valence-corrected chi connectivity index (χ4v) is 6.65. The van der Waals surface area contributed by atoms with E-state index in [9.17, 15) is 9.18 Å². The highest BCUT2D eigenvalue weighted by Gasteiger charge is 2.27. The zero-order valence-corrected chi connectivity index (χ0v) is 25.5. The van der Waals surface area contributed by atoms with Crippen LogP contribution < -0.4 is 9.64 Å². The molecule has 1 amide bonds. The second-order valence-corrected chi connectivity index (χ2v) is 12.5. The topological polar surface area (TPSA) is 72.7 Å². The Labute approximate surface area is 261 Å². The lowest BCUT2D eigenvalue weighted by Crippen LogP contribution is -2.35. The number of imidazole rings is 1. The quantitative estimate of drug-likeness (QED) is 0.214. The zero-order valence-electron chi connectivity index (χ0n) is 24.8. The molecule has 3 fully saturated rings. The first-order valence-corrected chi connectivity index (χ1v) is 16.0. The summed E-state index contributed by atoms with van der Waals surface area (Å²) >= 11 is 5.87. The number of fused-ring (bicyclic) bond motifs is 1. The Hall–Kier alpha value is -3.53. The minimum atomic E-state index is -0.382. The van der Waals surface area contributed by atoms with Crippen molar-refractivity contribution in [1.82, 2.24) is 19.4 Å². The van der Waals surface area contributed by atoms with E-state index in [4.69, 9.17) is 31.0 Å². The smallest absolute Gasteiger partial charge is 0.226 e. The maximum Gasteiger partial charge on any atom is 0.226 e. The van der Waals surface area contributed by atoms with E-state index >= 15 is 0 Å². The van der Waals surface area contributed by atoms with E-state index in [1.165, 1.54) is 6.07 Å². The van der Waals surface area contributed by atoms with E-state index in [0.717, 1.165) is 99.7 Å². The van der Waals surface area contributed by atoms with Gasteiger partial charge in [-0.1, -0.05) is 23.7 Å². The Morgan fingerprint density at radius 2 is 1.86 bits per heavy atom. The predicted molar refractivity (Wildman–Crippen MR) is 168 cm³/mol. The number of pyridine rings is 1. The monoisotopic (exact) mass is 617 g/mol. The number of ether oxygens (including phenoxy) is 2. The van der Waals surface area contributed by atoms with Crippen LogP contribution in [0.15, 0.2) is 54.6 Å². The minimum Gasteiger partial charge on any atom is -0.473 e. The van der Waals surface area contributed by atoms with Crippen LogP contribution in [0.3, 0.4) is 0 Å². The van der Waals surface area contributed by atoms with Crippen molar-refractivity contribution in [1.29, 1.82) is 0 Å². The van der Waals surface area contributed by atoms with Crippen LogP contribution in [0.5, 0.6) is 5.88 Å². The number of carbonyl (C=O) groups is 1. The molecule has 0 saturated carbocycles. The number of nitrogens with zero attached hydrogens (tertiary/aromatic N) is 5. The molecule has 0 aliphatic carbocycles. The number of benzene rings is 2. The highest BCUT2D eigenvalue weighted by molar-refractivity contribution is 6.30. The average molecular weight is 618 g/mol. The van der Waals surface area contributed by atoms with Crippen molar-refractivity contribution in [2.45, 2.75) is 70.2 Å². The first-order chi connectivity index (χ1) is 21.5. The molecular formula is C34H37ClFN5O3. The fourth-order valence-electron chi connectivity index (χ4n) is 6.49. The molecule has 4 aromatic rings. The maximum absolute atomic E-state index is 14.2. The first-order valence-electron chi connectivity index (χ1n) is 15.7. The predicted octanol–water partition coefficient (Wildman–Crippen LogP) is 6.49. The Bertz CT molecular complexity index is 1650. The molecule has 7 rings (SSSR count). The van der Waals surface area contributed by atoms with Gasteiger partial charge in [-0.2, -0.15) is 0 Å². The molecule has 5 heterocycles. The number of rotatable bonds is 9. The molecule has 3 aliphatic rings. The highest BCUT2D eigenvalue weighted by atomic mass is 35.5. The van der Waals surface area contributed by atoms with Crippen molar-refractivity contribution in [3.05, 3.63) is 82.5 Å². The Kier molecular flexibility index (Phi) is 8.51. The van der Waals surface area contributed by atoms with Gasteiger partial charge in [-0.3, -0.25) is 9.69 Å². The zero-order chi connectivity index (χ0) is 30.0. The van der Waals surface area contributed by atoms with Gasteiger partial charge in [0, 0.05) is 53.5 Å².